The molecule has 33 heavy (non-hydrogen) atoms. The molecule has 2 atom stereocenters. The summed E-state index contributed by atoms with van der Waals surface area (Å²) in [5.41, 5.74) is 3.40. The molecule has 0 bridgehead atoms. The molecule has 1 aliphatic rings. The lowest BCUT2D eigenvalue weighted by Gasteiger charge is -2.35. The molecule has 180 valence electrons. The second-order valence-corrected chi connectivity index (χ2v) is 9.27. The average Bonchev–Trinajstić information content (AvgIpc) is 2.80. The molecule has 0 aromatic heterocycles. The topological polar surface area (TPSA) is 60.0 Å². The van der Waals surface area contributed by atoms with E-state index >= 15 is 0 Å². The van der Waals surface area contributed by atoms with E-state index in [1.54, 1.807) is 21.3 Å². The summed E-state index contributed by atoms with van der Waals surface area (Å²) in [4.78, 5) is 15.0. The van der Waals surface area contributed by atoms with Gasteiger partial charge in [-0.3, -0.25) is 9.69 Å². The average molecular weight is 455 g/mol. The molecule has 0 radical (unpaired) electrons. The zero-order valence-electron chi connectivity index (χ0n) is 20.6. The Morgan fingerprint density at radius 2 is 1.48 bits per heavy atom. The Balaban J connectivity index is 1.47. The molecule has 2 aromatic rings. The molecule has 1 fully saturated rings. The highest BCUT2D eigenvalue weighted by molar-refractivity contribution is 5.76. The quantitative estimate of drug-likeness (QED) is 0.575. The van der Waals surface area contributed by atoms with Gasteiger partial charge in [0.15, 0.2) is 11.5 Å². The van der Waals surface area contributed by atoms with Crippen molar-refractivity contribution in [2.75, 3.05) is 34.4 Å². The minimum atomic E-state index is 0.0177. The standard InChI is InChI=1S/C27H38N2O4/c1-19-12-20(2)17-29(16-19)18-22-8-6-21(7-9-22)15-28-26(30)11-10-23-13-24(31-3)27(33-5)25(14-23)32-4/h6-9,13-14,19-20H,10-12,15-18H2,1-5H3,(H,28,30). The molecule has 1 N–H and O–H groups in total. The summed E-state index contributed by atoms with van der Waals surface area (Å²) in [6, 6.07) is 12.4. The monoisotopic (exact) mass is 454 g/mol. The number of nitrogens with zero attached hydrogens (tertiary/aromatic N) is 1. The number of methoxy groups -OCH3 is 3. The molecule has 2 aromatic carbocycles. The van der Waals surface area contributed by atoms with Gasteiger partial charge in [-0.15, -0.1) is 0 Å². The molecule has 0 saturated carbocycles. The molecule has 1 heterocycles. The highest BCUT2D eigenvalue weighted by Crippen LogP contribution is 2.38. The van der Waals surface area contributed by atoms with Crippen LogP contribution in [0.15, 0.2) is 36.4 Å². The fourth-order valence-electron chi connectivity index (χ4n) is 4.77. The Morgan fingerprint density at radius 1 is 0.909 bits per heavy atom. The summed E-state index contributed by atoms with van der Waals surface area (Å²) < 4.78 is 16.1. The van der Waals surface area contributed by atoms with Crippen LogP contribution in [0.4, 0.5) is 0 Å². The molecule has 1 amide bonds. The number of aryl methyl sites for hydroxylation is 1. The van der Waals surface area contributed by atoms with Crippen LogP contribution in [0, 0.1) is 11.8 Å². The van der Waals surface area contributed by atoms with Crippen LogP contribution >= 0.6 is 0 Å². The number of rotatable bonds is 10. The van der Waals surface area contributed by atoms with Gasteiger partial charge in [0.05, 0.1) is 21.3 Å². The number of hydrogen-bond donors (Lipinski definition) is 1. The van der Waals surface area contributed by atoms with E-state index in [1.807, 2.05) is 12.1 Å². The Kier molecular flexibility index (Phi) is 9.01. The van der Waals surface area contributed by atoms with E-state index in [9.17, 15) is 4.79 Å². The first-order valence-corrected chi connectivity index (χ1v) is 11.8. The fourth-order valence-corrected chi connectivity index (χ4v) is 4.77. The number of carbonyl (C=O) groups excluding carboxylic acids is 1. The summed E-state index contributed by atoms with van der Waals surface area (Å²) in [6.07, 6.45) is 2.31. The lowest BCUT2D eigenvalue weighted by atomic mass is 9.91. The third-order valence-electron chi connectivity index (χ3n) is 6.23. The summed E-state index contributed by atoms with van der Waals surface area (Å²) in [5, 5.41) is 3.02. The van der Waals surface area contributed by atoms with Crippen LogP contribution in [0.2, 0.25) is 0 Å². The van der Waals surface area contributed by atoms with Crippen molar-refractivity contribution >= 4 is 5.91 Å². The molecule has 1 saturated heterocycles. The molecule has 3 rings (SSSR count). The molecule has 1 aliphatic heterocycles. The summed E-state index contributed by atoms with van der Waals surface area (Å²) in [6.45, 7) is 8.57. The molecular weight excluding hydrogens is 416 g/mol. The summed E-state index contributed by atoms with van der Waals surface area (Å²) >= 11 is 0. The maximum absolute atomic E-state index is 12.4. The first kappa shape index (κ1) is 24.9. The van der Waals surface area contributed by atoms with Gasteiger partial charge in [0.1, 0.15) is 0 Å². The SMILES string of the molecule is COc1cc(CCC(=O)NCc2ccc(CN3CC(C)CC(C)C3)cc2)cc(OC)c1OC. The Labute approximate surface area is 198 Å². The first-order chi connectivity index (χ1) is 15.9. The lowest BCUT2D eigenvalue weighted by molar-refractivity contribution is -0.121. The second kappa shape index (κ2) is 11.9. The van der Waals surface area contributed by atoms with E-state index < -0.39 is 0 Å². The van der Waals surface area contributed by atoms with Crippen molar-refractivity contribution < 1.29 is 19.0 Å². The highest BCUT2D eigenvalue weighted by Gasteiger charge is 2.21. The first-order valence-electron chi connectivity index (χ1n) is 11.8. The number of ether oxygens (including phenoxy) is 3. The molecular formula is C27H38N2O4. The van der Waals surface area contributed by atoms with Crippen molar-refractivity contribution in [2.24, 2.45) is 11.8 Å². The van der Waals surface area contributed by atoms with Crippen LogP contribution in [0.25, 0.3) is 0 Å². The maximum atomic E-state index is 12.4. The van der Waals surface area contributed by atoms with Crippen LogP contribution in [0.3, 0.4) is 0 Å². The molecule has 0 aliphatic carbocycles. The van der Waals surface area contributed by atoms with Gasteiger partial charge in [-0.1, -0.05) is 38.1 Å². The maximum Gasteiger partial charge on any atom is 0.220 e. The van der Waals surface area contributed by atoms with Gasteiger partial charge in [0.25, 0.3) is 0 Å². The summed E-state index contributed by atoms with van der Waals surface area (Å²) in [7, 11) is 4.76. The van der Waals surface area contributed by atoms with Crippen molar-refractivity contribution in [1.29, 1.82) is 0 Å². The smallest absolute Gasteiger partial charge is 0.220 e. The van der Waals surface area contributed by atoms with E-state index in [-0.39, 0.29) is 5.91 Å². The Bertz CT molecular complexity index is 878. The number of hydrogen-bond acceptors (Lipinski definition) is 5. The van der Waals surface area contributed by atoms with Gasteiger partial charge >= 0.3 is 0 Å². The summed E-state index contributed by atoms with van der Waals surface area (Å²) in [5.74, 6) is 3.30. The predicted octanol–water partition coefficient (Wildman–Crippen LogP) is 4.44. The molecule has 0 spiro atoms. The zero-order valence-corrected chi connectivity index (χ0v) is 20.6. The van der Waals surface area contributed by atoms with Crippen molar-refractivity contribution in [3.8, 4) is 17.2 Å². The fraction of sp³-hybridized carbons (Fsp3) is 0.519. The van der Waals surface area contributed by atoms with Gasteiger partial charge in [-0.05, 0) is 53.5 Å². The van der Waals surface area contributed by atoms with E-state index in [0.29, 0.717) is 36.6 Å². The molecule has 2 unspecified atom stereocenters. The van der Waals surface area contributed by atoms with Crippen molar-refractivity contribution in [3.63, 3.8) is 0 Å². The third kappa shape index (κ3) is 7.13. The Morgan fingerprint density at radius 3 is 2.03 bits per heavy atom. The number of piperidine rings is 1. The minimum Gasteiger partial charge on any atom is -0.493 e. The third-order valence-corrected chi connectivity index (χ3v) is 6.23. The van der Waals surface area contributed by atoms with Gasteiger partial charge in [0.2, 0.25) is 11.7 Å². The van der Waals surface area contributed by atoms with Crippen LogP contribution < -0.4 is 19.5 Å². The van der Waals surface area contributed by atoms with Gasteiger partial charge < -0.3 is 19.5 Å². The number of nitrogens with one attached hydrogen (secondary N) is 1. The van der Waals surface area contributed by atoms with Gasteiger partial charge in [-0.25, -0.2) is 0 Å². The van der Waals surface area contributed by atoms with Crippen LogP contribution in [-0.4, -0.2) is 45.2 Å². The van der Waals surface area contributed by atoms with E-state index in [4.69, 9.17) is 14.2 Å². The Hall–Kier alpha value is -2.73. The van der Waals surface area contributed by atoms with Crippen molar-refractivity contribution in [3.05, 3.63) is 53.1 Å². The minimum absolute atomic E-state index is 0.0177. The normalized spacial score (nSPS) is 18.6. The van der Waals surface area contributed by atoms with Crippen LogP contribution in [0.1, 0.15) is 43.4 Å². The molecule has 6 nitrogen and oxygen atoms in total. The lowest BCUT2D eigenvalue weighted by Crippen LogP contribution is -2.38. The van der Waals surface area contributed by atoms with E-state index in [2.05, 4.69) is 48.3 Å². The zero-order chi connectivity index (χ0) is 23.8. The second-order valence-electron chi connectivity index (χ2n) is 9.27. The molecule has 6 heteroatoms. The van der Waals surface area contributed by atoms with E-state index in [1.165, 1.54) is 25.1 Å². The number of benzene rings is 2. The van der Waals surface area contributed by atoms with Crippen molar-refractivity contribution in [1.82, 2.24) is 10.2 Å². The van der Waals surface area contributed by atoms with E-state index in [0.717, 1.165) is 29.5 Å². The predicted molar refractivity (Wildman–Crippen MR) is 131 cm³/mol. The number of likely N-dealkylation sites (tertiary alicyclic amines) is 1. The largest absolute Gasteiger partial charge is 0.493 e. The van der Waals surface area contributed by atoms with Crippen LogP contribution in [0.5, 0.6) is 17.2 Å². The number of carbonyl (C=O) groups is 1. The van der Waals surface area contributed by atoms with Gasteiger partial charge in [-0.2, -0.15) is 0 Å². The van der Waals surface area contributed by atoms with Gasteiger partial charge in [0, 0.05) is 32.6 Å². The highest BCUT2D eigenvalue weighted by atomic mass is 16.5. The van der Waals surface area contributed by atoms with Crippen molar-refractivity contribution in [2.45, 2.75) is 46.2 Å². The number of amides is 1. The van der Waals surface area contributed by atoms with Crippen LogP contribution in [-0.2, 0) is 24.3 Å².